The Balaban J connectivity index is 1.73. The van der Waals surface area contributed by atoms with E-state index in [1.165, 1.54) is 7.11 Å². The van der Waals surface area contributed by atoms with Crippen molar-refractivity contribution in [1.29, 1.82) is 0 Å². The lowest BCUT2D eigenvalue weighted by atomic mass is 10.0. The van der Waals surface area contributed by atoms with Crippen LogP contribution in [0.25, 0.3) is 0 Å². The number of phenolic OH excluding ortho intramolecular Hbond substituents is 1. The quantitative estimate of drug-likeness (QED) is 0.902. The number of nitrogens with one attached hydrogen (secondary N) is 1. The number of hydrogen-bond acceptors (Lipinski definition) is 5. The van der Waals surface area contributed by atoms with Gasteiger partial charge in [0.2, 0.25) is 0 Å². The maximum atomic E-state index is 12.4. The number of carbonyl (C=O) groups is 1. The molecule has 126 valence electrons. The van der Waals surface area contributed by atoms with Crippen molar-refractivity contribution >= 4 is 11.6 Å². The van der Waals surface area contributed by atoms with Crippen molar-refractivity contribution < 1.29 is 24.1 Å². The van der Waals surface area contributed by atoms with Crippen molar-refractivity contribution in [2.24, 2.45) is 0 Å². The van der Waals surface area contributed by atoms with E-state index >= 15 is 0 Å². The molecule has 1 unspecified atom stereocenters. The summed E-state index contributed by atoms with van der Waals surface area (Å²) in [6, 6.07) is 10.4. The van der Waals surface area contributed by atoms with Crippen LogP contribution in [0.5, 0.6) is 23.0 Å². The number of phenols is 1. The number of anilines is 1. The third kappa shape index (κ3) is 3.22. The number of methoxy groups -OCH3 is 2. The zero-order valence-electron chi connectivity index (χ0n) is 13.5. The summed E-state index contributed by atoms with van der Waals surface area (Å²) in [6.07, 6.45) is 0.579. The molecule has 0 fully saturated rings. The predicted molar refractivity (Wildman–Crippen MR) is 89.0 cm³/mol. The Kier molecular flexibility index (Phi) is 4.46. The van der Waals surface area contributed by atoms with E-state index in [9.17, 15) is 9.90 Å². The highest BCUT2D eigenvalue weighted by Gasteiger charge is 2.27. The third-order valence-corrected chi connectivity index (χ3v) is 3.94. The van der Waals surface area contributed by atoms with Crippen LogP contribution in [0.2, 0.25) is 0 Å². The summed E-state index contributed by atoms with van der Waals surface area (Å²) in [5.41, 5.74) is 1.51. The van der Waals surface area contributed by atoms with Crippen LogP contribution < -0.4 is 19.5 Å². The summed E-state index contributed by atoms with van der Waals surface area (Å²) in [6.45, 7) is 0. The number of carbonyl (C=O) groups excluding carboxylic acids is 1. The number of hydrogen-bond donors (Lipinski definition) is 2. The van der Waals surface area contributed by atoms with Crippen LogP contribution >= 0.6 is 0 Å². The topological polar surface area (TPSA) is 77.0 Å². The van der Waals surface area contributed by atoms with E-state index in [4.69, 9.17) is 14.2 Å². The first-order chi connectivity index (χ1) is 11.6. The second-order valence-electron chi connectivity index (χ2n) is 5.50. The molecule has 0 bridgehead atoms. The van der Waals surface area contributed by atoms with Crippen LogP contribution in [0.3, 0.4) is 0 Å². The first-order valence-corrected chi connectivity index (χ1v) is 7.62. The molecule has 24 heavy (non-hydrogen) atoms. The minimum Gasteiger partial charge on any atom is -0.504 e. The molecule has 2 aromatic carbocycles. The predicted octanol–water partition coefficient (Wildman–Crippen LogP) is 2.74. The average Bonchev–Trinajstić information content (AvgIpc) is 2.60. The zero-order chi connectivity index (χ0) is 17.1. The van der Waals surface area contributed by atoms with Crippen LogP contribution in [-0.4, -0.2) is 31.3 Å². The minimum absolute atomic E-state index is 0.0686. The molecule has 1 aliphatic rings. The summed E-state index contributed by atoms with van der Waals surface area (Å²) in [4.78, 5) is 12.4. The maximum absolute atomic E-state index is 12.4. The molecule has 0 saturated carbocycles. The third-order valence-electron chi connectivity index (χ3n) is 3.94. The average molecular weight is 329 g/mol. The molecule has 0 spiro atoms. The van der Waals surface area contributed by atoms with Gasteiger partial charge in [0, 0.05) is 17.8 Å². The van der Waals surface area contributed by atoms with Crippen molar-refractivity contribution in [1.82, 2.24) is 0 Å². The molecule has 3 rings (SSSR count). The second-order valence-corrected chi connectivity index (χ2v) is 5.50. The van der Waals surface area contributed by atoms with Crippen molar-refractivity contribution in [2.45, 2.75) is 18.9 Å². The fourth-order valence-electron chi connectivity index (χ4n) is 2.67. The Hall–Kier alpha value is -2.89. The molecule has 6 heteroatoms. The van der Waals surface area contributed by atoms with E-state index < -0.39 is 6.10 Å². The number of fused-ring (bicyclic) bond motifs is 1. The van der Waals surface area contributed by atoms with Crippen LogP contribution in [0, 0.1) is 0 Å². The Bertz CT molecular complexity index is 759. The lowest BCUT2D eigenvalue weighted by molar-refractivity contribution is -0.123. The van der Waals surface area contributed by atoms with Gasteiger partial charge in [-0.05, 0) is 36.6 Å². The van der Waals surface area contributed by atoms with Crippen molar-refractivity contribution in [3.05, 3.63) is 42.0 Å². The first-order valence-electron chi connectivity index (χ1n) is 7.62. The Labute approximate surface area is 140 Å². The smallest absolute Gasteiger partial charge is 0.265 e. The first kappa shape index (κ1) is 16.0. The van der Waals surface area contributed by atoms with Gasteiger partial charge >= 0.3 is 0 Å². The molecule has 1 heterocycles. The van der Waals surface area contributed by atoms with Crippen LogP contribution in [-0.2, 0) is 11.2 Å². The van der Waals surface area contributed by atoms with Gasteiger partial charge in [0.1, 0.15) is 11.5 Å². The number of rotatable bonds is 4. The van der Waals surface area contributed by atoms with Gasteiger partial charge in [-0.1, -0.05) is 6.07 Å². The van der Waals surface area contributed by atoms with Gasteiger partial charge in [0.15, 0.2) is 17.6 Å². The molecule has 1 aliphatic heterocycles. The van der Waals surface area contributed by atoms with Gasteiger partial charge in [-0.25, -0.2) is 0 Å². The SMILES string of the molecule is COc1cccc(NC(=O)C2CCc3cc(O)c(OC)cc3O2)c1. The Morgan fingerprint density at radius 3 is 2.83 bits per heavy atom. The van der Waals surface area contributed by atoms with E-state index in [-0.39, 0.29) is 11.7 Å². The fourth-order valence-corrected chi connectivity index (χ4v) is 2.67. The molecule has 0 aromatic heterocycles. The van der Waals surface area contributed by atoms with Gasteiger partial charge in [0.25, 0.3) is 5.91 Å². The minimum atomic E-state index is -0.599. The standard InChI is InChI=1S/C18H19NO5/c1-22-13-5-3-4-12(9-13)19-18(21)15-7-6-11-8-14(20)17(23-2)10-16(11)24-15/h3-5,8-10,15,20H,6-7H2,1-2H3,(H,19,21). The number of aromatic hydroxyl groups is 1. The van der Waals surface area contributed by atoms with Crippen molar-refractivity contribution in [3.63, 3.8) is 0 Å². The lowest BCUT2D eigenvalue weighted by Crippen LogP contribution is -2.35. The molecule has 6 nitrogen and oxygen atoms in total. The van der Waals surface area contributed by atoms with Crippen LogP contribution in [0.15, 0.2) is 36.4 Å². The summed E-state index contributed by atoms with van der Waals surface area (Å²) >= 11 is 0. The van der Waals surface area contributed by atoms with Gasteiger partial charge in [0.05, 0.1) is 14.2 Å². The molecular weight excluding hydrogens is 310 g/mol. The number of aryl methyl sites for hydroxylation is 1. The van der Waals surface area contributed by atoms with Crippen molar-refractivity contribution in [3.8, 4) is 23.0 Å². The summed E-state index contributed by atoms with van der Waals surface area (Å²) in [5, 5.41) is 12.6. The molecule has 2 aromatic rings. The Morgan fingerprint density at radius 2 is 2.08 bits per heavy atom. The molecular formula is C18H19NO5. The highest BCUT2D eigenvalue weighted by Crippen LogP contribution is 2.37. The molecule has 0 aliphatic carbocycles. The number of benzene rings is 2. The monoisotopic (exact) mass is 329 g/mol. The van der Waals surface area contributed by atoms with E-state index in [2.05, 4.69) is 5.32 Å². The summed E-state index contributed by atoms with van der Waals surface area (Å²) in [5.74, 6) is 1.40. The summed E-state index contributed by atoms with van der Waals surface area (Å²) < 4.78 is 16.0. The maximum Gasteiger partial charge on any atom is 0.265 e. The molecule has 1 atom stereocenters. The van der Waals surface area contributed by atoms with E-state index in [0.717, 1.165) is 5.56 Å². The zero-order valence-corrected chi connectivity index (χ0v) is 13.5. The molecule has 0 radical (unpaired) electrons. The van der Waals surface area contributed by atoms with E-state index in [1.54, 1.807) is 37.4 Å². The van der Waals surface area contributed by atoms with Crippen LogP contribution in [0.1, 0.15) is 12.0 Å². The van der Waals surface area contributed by atoms with E-state index in [1.807, 2.05) is 6.07 Å². The number of amides is 1. The largest absolute Gasteiger partial charge is 0.504 e. The molecule has 2 N–H and O–H groups in total. The van der Waals surface area contributed by atoms with E-state index in [0.29, 0.717) is 35.8 Å². The fraction of sp³-hybridized carbons (Fsp3) is 0.278. The highest BCUT2D eigenvalue weighted by atomic mass is 16.5. The van der Waals surface area contributed by atoms with Gasteiger partial charge < -0.3 is 24.6 Å². The normalized spacial score (nSPS) is 15.8. The Morgan fingerprint density at radius 1 is 1.25 bits per heavy atom. The number of ether oxygens (including phenoxy) is 3. The van der Waals surface area contributed by atoms with Gasteiger partial charge in [-0.3, -0.25) is 4.79 Å². The highest BCUT2D eigenvalue weighted by molar-refractivity contribution is 5.94. The van der Waals surface area contributed by atoms with Gasteiger partial charge in [-0.15, -0.1) is 0 Å². The van der Waals surface area contributed by atoms with Crippen molar-refractivity contribution in [2.75, 3.05) is 19.5 Å². The second kappa shape index (κ2) is 6.70. The summed E-state index contributed by atoms with van der Waals surface area (Å²) in [7, 11) is 3.04. The lowest BCUT2D eigenvalue weighted by Gasteiger charge is -2.26. The van der Waals surface area contributed by atoms with Gasteiger partial charge in [-0.2, -0.15) is 0 Å². The molecule has 1 amide bonds. The van der Waals surface area contributed by atoms with Crippen LogP contribution in [0.4, 0.5) is 5.69 Å². The molecule has 0 saturated heterocycles.